The summed E-state index contributed by atoms with van der Waals surface area (Å²) in [6, 6.07) is 0. The highest BCUT2D eigenvalue weighted by atomic mass is 31.2. The second kappa shape index (κ2) is 64.4. The first kappa shape index (κ1) is 92.1. The summed E-state index contributed by atoms with van der Waals surface area (Å²) in [6.45, 7) is 14.1. The fraction of sp³-hybridized carbons (Fsp3) is 0.947. The van der Waals surface area contributed by atoms with Gasteiger partial charge < -0.3 is 33.8 Å². The minimum Gasteiger partial charge on any atom is -0.462 e. The Morgan fingerprint density at radius 3 is 0.755 bits per heavy atom. The van der Waals surface area contributed by atoms with Crippen LogP contribution in [0.1, 0.15) is 376 Å². The van der Waals surface area contributed by atoms with Crippen LogP contribution in [0, 0.1) is 23.7 Å². The van der Waals surface area contributed by atoms with E-state index >= 15 is 0 Å². The number of phosphoric acid groups is 2. The van der Waals surface area contributed by atoms with E-state index in [9.17, 15) is 43.2 Å². The third-order valence-electron chi connectivity index (χ3n) is 17.7. The second-order valence-corrected chi connectivity index (χ2v) is 31.6. The SMILES string of the molecule is CCC(C)CCCCCCCCC(=O)OC[C@H](COP(=O)(O)OCC(O)COP(=O)(O)OC[C@@H](COC(=O)CCCCCCCCCC(C)C)OC(=O)CCCCCCCCCCCCCCCCCCC(C)C)OC(=O)CCCCCCCCCCCCCCC(C)C. The van der Waals surface area contributed by atoms with Gasteiger partial charge in [-0.15, -0.1) is 0 Å². The van der Waals surface area contributed by atoms with Crippen LogP contribution in [0.4, 0.5) is 0 Å². The zero-order valence-corrected chi connectivity index (χ0v) is 63.4. The maximum Gasteiger partial charge on any atom is 0.472 e. The van der Waals surface area contributed by atoms with Crippen LogP contribution in [0.2, 0.25) is 0 Å². The van der Waals surface area contributed by atoms with Gasteiger partial charge in [-0.3, -0.25) is 37.3 Å². The number of rotatable bonds is 72. The van der Waals surface area contributed by atoms with Crippen molar-refractivity contribution in [2.75, 3.05) is 39.6 Å². The lowest BCUT2D eigenvalue weighted by molar-refractivity contribution is -0.161. The van der Waals surface area contributed by atoms with Crippen molar-refractivity contribution in [3.8, 4) is 0 Å². The van der Waals surface area contributed by atoms with Crippen LogP contribution < -0.4 is 0 Å². The van der Waals surface area contributed by atoms with Crippen molar-refractivity contribution in [2.24, 2.45) is 23.7 Å². The first-order valence-corrected chi connectivity index (χ1v) is 41.7. The summed E-state index contributed by atoms with van der Waals surface area (Å²) in [5.74, 6) is 0.897. The Kier molecular flexibility index (Phi) is 63.1. The summed E-state index contributed by atoms with van der Waals surface area (Å²) >= 11 is 0. The molecule has 0 radical (unpaired) electrons. The van der Waals surface area contributed by atoms with E-state index < -0.39 is 97.5 Å². The van der Waals surface area contributed by atoms with Gasteiger partial charge in [0.05, 0.1) is 26.4 Å². The highest BCUT2D eigenvalue weighted by molar-refractivity contribution is 7.47. The first-order chi connectivity index (χ1) is 45.1. The number of carbonyl (C=O) groups excluding carboxylic acids is 4. The van der Waals surface area contributed by atoms with Gasteiger partial charge in [0.25, 0.3) is 0 Å². The van der Waals surface area contributed by atoms with E-state index in [4.69, 9.17) is 37.0 Å². The minimum absolute atomic E-state index is 0.105. The molecular weight excluding hydrogens is 1230 g/mol. The number of aliphatic hydroxyl groups is 1. The molecule has 0 aliphatic heterocycles. The summed E-state index contributed by atoms with van der Waals surface area (Å²) in [4.78, 5) is 72.7. The van der Waals surface area contributed by atoms with Gasteiger partial charge in [-0.05, 0) is 49.4 Å². The molecule has 0 aliphatic rings. The van der Waals surface area contributed by atoms with Gasteiger partial charge in [-0.25, -0.2) is 9.13 Å². The molecule has 3 N–H and O–H groups in total. The molecule has 0 bridgehead atoms. The van der Waals surface area contributed by atoms with Gasteiger partial charge in [0.1, 0.15) is 19.3 Å². The molecule has 0 saturated heterocycles. The van der Waals surface area contributed by atoms with E-state index in [1.807, 2.05) is 0 Å². The fourth-order valence-corrected chi connectivity index (χ4v) is 12.9. The van der Waals surface area contributed by atoms with Crippen LogP contribution >= 0.6 is 15.6 Å². The van der Waals surface area contributed by atoms with Crippen molar-refractivity contribution in [1.29, 1.82) is 0 Å². The topological polar surface area (TPSA) is 237 Å². The normalized spacial score (nSPS) is 14.4. The maximum absolute atomic E-state index is 13.1. The maximum atomic E-state index is 13.1. The van der Waals surface area contributed by atoms with Crippen molar-refractivity contribution in [1.82, 2.24) is 0 Å². The molecule has 0 saturated carbocycles. The van der Waals surface area contributed by atoms with Crippen LogP contribution in [0.3, 0.4) is 0 Å². The summed E-state index contributed by atoms with van der Waals surface area (Å²) in [7, 11) is -9.91. The largest absolute Gasteiger partial charge is 0.472 e. The lowest BCUT2D eigenvalue weighted by atomic mass is 10.00. The Hall–Kier alpha value is -1.94. The number of hydrogen-bond acceptors (Lipinski definition) is 15. The number of unbranched alkanes of at least 4 members (excludes halogenated alkanes) is 37. The van der Waals surface area contributed by atoms with Crippen molar-refractivity contribution < 1.29 is 80.2 Å². The summed E-state index contributed by atoms with van der Waals surface area (Å²) in [6.07, 6.45) is 48.7. The van der Waals surface area contributed by atoms with Gasteiger partial charge >= 0.3 is 39.5 Å². The molecule has 0 rings (SSSR count). The van der Waals surface area contributed by atoms with Crippen molar-refractivity contribution in [2.45, 2.75) is 395 Å². The number of ether oxygens (including phenoxy) is 4. The molecule has 4 unspecified atom stereocenters. The molecular formula is C75H146O17P2. The second-order valence-electron chi connectivity index (χ2n) is 28.7. The smallest absolute Gasteiger partial charge is 0.462 e. The van der Waals surface area contributed by atoms with E-state index in [2.05, 4.69) is 55.4 Å². The summed E-state index contributed by atoms with van der Waals surface area (Å²) < 4.78 is 68.4. The van der Waals surface area contributed by atoms with Crippen LogP contribution in [-0.4, -0.2) is 96.7 Å². The van der Waals surface area contributed by atoms with Gasteiger partial charge in [-0.1, -0.05) is 325 Å². The Bertz CT molecular complexity index is 1850. The van der Waals surface area contributed by atoms with Gasteiger partial charge in [0, 0.05) is 25.7 Å². The molecule has 0 aromatic carbocycles. The zero-order valence-electron chi connectivity index (χ0n) is 61.6. The Morgan fingerprint density at radius 1 is 0.298 bits per heavy atom. The molecule has 6 atom stereocenters. The van der Waals surface area contributed by atoms with Crippen molar-refractivity contribution >= 4 is 39.5 Å². The number of hydrogen-bond donors (Lipinski definition) is 3. The van der Waals surface area contributed by atoms with E-state index in [0.717, 1.165) is 120 Å². The monoisotopic (exact) mass is 1380 g/mol. The van der Waals surface area contributed by atoms with E-state index in [0.29, 0.717) is 31.6 Å². The predicted octanol–water partition coefficient (Wildman–Crippen LogP) is 21.7. The Morgan fingerprint density at radius 2 is 0.511 bits per heavy atom. The molecule has 0 amide bonds. The molecule has 94 heavy (non-hydrogen) atoms. The Labute approximate surface area is 575 Å². The molecule has 558 valence electrons. The van der Waals surface area contributed by atoms with Gasteiger partial charge in [-0.2, -0.15) is 0 Å². The lowest BCUT2D eigenvalue weighted by Crippen LogP contribution is -2.30. The molecule has 0 aliphatic carbocycles. The Balaban J connectivity index is 5.21. The third-order valence-corrected chi connectivity index (χ3v) is 19.6. The van der Waals surface area contributed by atoms with Gasteiger partial charge in [0.15, 0.2) is 12.2 Å². The number of esters is 4. The average Bonchev–Trinajstić information content (AvgIpc) is 1.44. The minimum atomic E-state index is -4.96. The first-order valence-electron chi connectivity index (χ1n) is 38.7. The molecule has 17 nitrogen and oxygen atoms in total. The molecule has 0 spiro atoms. The molecule has 0 heterocycles. The molecule has 19 heteroatoms. The van der Waals surface area contributed by atoms with Crippen molar-refractivity contribution in [3.63, 3.8) is 0 Å². The number of aliphatic hydroxyl groups excluding tert-OH is 1. The summed E-state index contributed by atoms with van der Waals surface area (Å²) in [5.41, 5.74) is 0. The standard InChI is InChI=1S/C75H146O17P2/c1-9-68(8)54-46-38-33-34-40-48-56-73(78)86-62-71(92-75(80)58-50-42-31-25-21-17-16-19-23-28-36-44-52-66(4)5)64-90-94(83,84)88-60-69(76)59-87-93(81,82)89-63-70(61-85-72(77)55-47-39-32-26-29-37-45-53-67(6)7)91-74(79)57-49-41-30-24-20-15-13-11-10-12-14-18-22-27-35-43-51-65(2)3/h65-71,76H,9-64H2,1-8H3,(H,81,82)(H,83,84)/t68?,69?,70-,71-/m1/s1. The summed E-state index contributed by atoms with van der Waals surface area (Å²) in [5, 5.41) is 10.6. The van der Waals surface area contributed by atoms with Crippen molar-refractivity contribution in [3.05, 3.63) is 0 Å². The van der Waals surface area contributed by atoms with Crippen LogP contribution in [-0.2, 0) is 65.4 Å². The quantitative estimate of drug-likeness (QED) is 0.0222. The fourth-order valence-electron chi connectivity index (χ4n) is 11.3. The van der Waals surface area contributed by atoms with Crippen LogP contribution in [0.25, 0.3) is 0 Å². The zero-order chi connectivity index (χ0) is 69.6. The van der Waals surface area contributed by atoms with E-state index in [1.165, 1.54) is 167 Å². The van der Waals surface area contributed by atoms with E-state index in [-0.39, 0.29) is 25.7 Å². The van der Waals surface area contributed by atoms with Crippen LogP contribution in [0.15, 0.2) is 0 Å². The van der Waals surface area contributed by atoms with E-state index in [1.54, 1.807) is 0 Å². The highest BCUT2D eigenvalue weighted by Crippen LogP contribution is 2.45. The number of phosphoric ester groups is 2. The molecule has 0 aromatic heterocycles. The van der Waals surface area contributed by atoms with Gasteiger partial charge in [0.2, 0.25) is 0 Å². The van der Waals surface area contributed by atoms with Crippen LogP contribution in [0.5, 0.6) is 0 Å². The number of carbonyl (C=O) groups is 4. The third kappa shape index (κ3) is 67.3. The lowest BCUT2D eigenvalue weighted by Gasteiger charge is -2.21. The predicted molar refractivity (Wildman–Crippen MR) is 381 cm³/mol. The molecule has 0 fully saturated rings. The molecule has 0 aromatic rings. The highest BCUT2D eigenvalue weighted by Gasteiger charge is 2.30. The average molecular weight is 1380 g/mol.